The summed E-state index contributed by atoms with van der Waals surface area (Å²) in [7, 11) is -3.19. The Morgan fingerprint density at radius 3 is 2.32 bits per heavy atom. The second-order valence-electron chi connectivity index (χ2n) is 5.30. The second kappa shape index (κ2) is 7.31. The largest absolute Gasteiger partial charge is 0.388 e. The molecule has 0 amide bonds. The zero-order valence-corrected chi connectivity index (χ0v) is 14.3. The molecular formula is C17H20O3S2. The Hall–Kier alpha value is -1.30. The molecule has 0 fully saturated rings. The monoisotopic (exact) mass is 336 g/mol. The van der Waals surface area contributed by atoms with Crippen LogP contribution in [0.4, 0.5) is 0 Å². The maximum atomic E-state index is 11.4. The van der Waals surface area contributed by atoms with Crippen LogP contribution in [0.3, 0.4) is 0 Å². The lowest BCUT2D eigenvalue weighted by molar-refractivity contribution is 0.204. The number of rotatable bonds is 6. The number of benzene rings is 2. The third-order valence-electron chi connectivity index (χ3n) is 3.49. The van der Waals surface area contributed by atoms with E-state index in [2.05, 4.69) is 19.1 Å². The summed E-state index contributed by atoms with van der Waals surface area (Å²) in [5.74, 6) is 1.43. The van der Waals surface area contributed by atoms with Gasteiger partial charge in [0.25, 0.3) is 0 Å². The van der Waals surface area contributed by atoms with E-state index in [0.717, 1.165) is 11.3 Å². The molecule has 0 bridgehead atoms. The molecule has 0 aliphatic rings. The SMILES string of the molecule is Cc1ccccc1CSCC(O)c1ccc(S(C)(=O)=O)cc1. The summed E-state index contributed by atoms with van der Waals surface area (Å²) in [6, 6.07) is 14.6. The first kappa shape index (κ1) is 17.1. The summed E-state index contributed by atoms with van der Waals surface area (Å²) in [5, 5.41) is 10.2. The van der Waals surface area contributed by atoms with Crippen molar-refractivity contribution in [3.63, 3.8) is 0 Å². The van der Waals surface area contributed by atoms with Crippen molar-refractivity contribution in [1.82, 2.24) is 0 Å². The predicted octanol–water partition coefficient (Wildman–Crippen LogP) is 3.37. The van der Waals surface area contributed by atoms with Crippen LogP contribution in [-0.2, 0) is 15.6 Å². The maximum Gasteiger partial charge on any atom is 0.175 e. The fourth-order valence-electron chi connectivity index (χ4n) is 2.09. The predicted molar refractivity (Wildman–Crippen MR) is 91.9 cm³/mol. The minimum Gasteiger partial charge on any atom is -0.388 e. The van der Waals surface area contributed by atoms with E-state index in [1.807, 2.05) is 12.1 Å². The van der Waals surface area contributed by atoms with E-state index < -0.39 is 15.9 Å². The van der Waals surface area contributed by atoms with Crippen molar-refractivity contribution < 1.29 is 13.5 Å². The molecule has 0 aliphatic heterocycles. The lowest BCUT2D eigenvalue weighted by Gasteiger charge is -2.12. The van der Waals surface area contributed by atoms with Crippen LogP contribution < -0.4 is 0 Å². The smallest absolute Gasteiger partial charge is 0.175 e. The third kappa shape index (κ3) is 4.60. The van der Waals surface area contributed by atoms with E-state index >= 15 is 0 Å². The molecule has 2 rings (SSSR count). The fourth-order valence-corrected chi connectivity index (χ4v) is 3.79. The van der Waals surface area contributed by atoms with Crippen LogP contribution in [0.1, 0.15) is 22.8 Å². The lowest BCUT2D eigenvalue weighted by atomic mass is 10.1. The Morgan fingerprint density at radius 2 is 1.73 bits per heavy atom. The van der Waals surface area contributed by atoms with Gasteiger partial charge in [0, 0.05) is 17.8 Å². The van der Waals surface area contributed by atoms with Gasteiger partial charge in [-0.05, 0) is 35.7 Å². The van der Waals surface area contributed by atoms with Gasteiger partial charge in [0.05, 0.1) is 11.0 Å². The molecule has 0 spiro atoms. The molecule has 0 saturated heterocycles. The standard InChI is InChI=1S/C17H20O3S2/c1-13-5-3-4-6-15(13)11-21-12-17(18)14-7-9-16(10-8-14)22(2,19)20/h3-10,17-18H,11-12H2,1-2H3. The minimum atomic E-state index is -3.19. The van der Waals surface area contributed by atoms with Crippen molar-refractivity contribution >= 4 is 21.6 Å². The molecular weight excluding hydrogens is 316 g/mol. The number of aliphatic hydroxyl groups excluding tert-OH is 1. The van der Waals surface area contributed by atoms with Crippen molar-refractivity contribution in [3.05, 3.63) is 65.2 Å². The molecule has 0 aromatic heterocycles. The zero-order valence-electron chi connectivity index (χ0n) is 12.7. The van der Waals surface area contributed by atoms with Crippen LogP contribution in [0.15, 0.2) is 53.4 Å². The second-order valence-corrected chi connectivity index (χ2v) is 8.34. The molecule has 0 heterocycles. The van der Waals surface area contributed by atoms with Gasteiger partial charge in [0.1, 0.15) is 0 Å². The molecule has 5 heteroatoms. The molecule has 1 unspecified atom stereocenters. The highest BCUT2D eigenvalue weighted by Crippen LogP contribution is 2.23. The Bertz CT molecular complexity index is 722. The molecule has 22 heavy (non-hydrogen) atoms. The van der Waals surface area contributed by atoms with E-state index in [1.165, 1.54) is 17.4 Å². The number of aryl methyl sites for hydroxylation is 1. The van der Waals surface area contributed by atoms with E-state index in [9.17, 15) is 13.5 Å². The summed E-state index contributed by atoms with van der Waals surface area (Å²) in [4.78, 5) is 0.274. The Morgan fingerprint density at radius 1 is 1.09 bits per heavy atom. The highest BCUT2D eigenvalue weighted by molar-refractivity contribution is 7.98. The third-order valence-corrected chi connectivity index (χ3v) is 5.68. The van der Waals surface area contributed by atoms with Gasteiger partial charge in [-0.25, -0.2) is 8.42 Å². The summed E-state index contributed by atoms with van der Waals surface area (Å²) in [6.45, 7) is 2.08. The van der Waals surface area contributed by atoms with Crippen LogP contribution in [0.25, 0.3) is 0 Å². The van der Waals surface area contributed by atoms with Gasteiger partial charge in [-0.2, -0.15) is 11.8 Å². The number of thioether (sulfide) groups is 1. The van der Waals surface area contributed by atoms with Crippen molar-refractivity contribution in [3.8, 4) is 0 Å². The van der Waals surface area contributed by atoms with E-state index in [0.29, 0.717) is 5.75 Å². The summed E-state index contributed by atoms with van der Waals surface area (Å²) in [5.41, 5.74) is 3.26. The first-order chi connectivity index (χ1) is 10.4. The average Bonchev–Trinajstić information content (AvgIpc) is 2.48. The van der Waals surface area contributed by atoms with Crippen LogP contribution in [0.2, 0.25) is 0 Å². The van der Waals surface area contributed by atoms with Gasteiger partial charge < -0.3 is 5.11 Å². The molecule has 3 nitrogen and oxygen atoms in total. The van der Waals surface area contributed by atoms with Gasteiger partial charge in [-0.1, -0.05) is 36.4 Å². The normalized spacial score (nSPS) is 13.0. The van der Waals surface area contributed by atoms with Gasteiger partial charge in [0.2, 0.25) is 0 Å². The number of hydrogen-bond acceptors (Lipinski definition) is 4. The molecule has 0 saturated carbocycles. The van der Waals surface area contributed by atoms with Gasteiger partial charge >= 0.3 is 0 Å². The van der Waals surface area contributed by atoms with Crippen LogP contribution in [0.5, 0.6) is 0 Å². The van der Waals surface area contributed by atoms with Gasteiger partial charge in [-0.3, -0.25) is 0 Å². The van der Waals surface area contributed by atoms with E-state index in [-0.39, 0.29) is 4.90 Å². The highest BCUT2D eigenvalue weighted by Gasteiger charge is 2.11. The Balaban J connectivity index is 1.92. The molecule has 1 N–H and O–H groups in total. The van der Waals surface area contributed by atoms with Crippen molar-refractivity contribution in [2.24, 2.45) is 0 Å². The highest BCUT2D eigenvalue weighted by atomic mass is 32.2. The number of hydrogen-bond donors (Lipinski definition) is 1. The van der Waals surface area contributed by atoms with Crippen LogP contribution in [-0.4, -0.2) is 25.5 Å². The summed E-state index contributed by atoms with van der Waals surface area (Å²) >= 11 is 1.66. The van der Waals surface area contributed by atoms with Crippen LogP contribution in [0, 0.1) is 6.92 Å². The lowest BCUT2D eigenvalue weighted by Crippen LogP contribution is -2.03. The Labute approximate surface area is 136 Å². The van der Waals surface area contributed by atoms with Crippen molar-refractivity contribution in [2.75, 3.05) is 12.0 Å². The maximum absolute atomic E-state index is 11.4. The first-order valence-electron chi connectivity index (χ1n) is 6.98. The number of sulfone groups is 1. The van der Waals surface area contributed by atoms with Crippen molar-refractivity contribution in [1.29, 1.82) is 0 Å². The topological polar surface area (TPSA) is 54.4 Å². The average molecular weight is 336 g/mol. The fraction of sp³-hybridized carbons (Fsp3) is 0.294. The Kier molecular flexibility index (Phi) is 5.67. The van der Waals surface area contributed by atoms with E-state index in [1.54, 1.807) is 36.0 Å². The number of aliphatic hydroxyl groups is 1. The molecule has 0 radical (unpaired) electrons. The van der Waals surface area contributed by atoms with Crippen molar-refractivity contribution in [2.45, 2.75) is 23.7 Å². The molecule has 118 valence electrons. The molecule has 1 atom stereocenters. The van der Waals surface area contributed by atoms with E-state index in [4.69, 9.17) is 0 Å². The van der Waals surface area contributed by atoms with Gasteiger partial charge in [-0.15, -0.1) is 0 Å². The summed E-state index contributed by atoms with van der Waals surface area (Å²) in [6.07, 6.45) is 0.582. The molecule has 0 aliphatic carbocycles. The summed E-state index contributed by atoms with van der Waals surface area (Å²) < 4.78 is 22.8. The zero-order chi connectivity index (χ0) is 16.2. The quantitative estimate of drug-likeness (QED) is 0.879. The minimum absolute atomic E-state index is 0.274. The first-order valence-corrected chi connectivity index (χ1v) is 10.0. The van der Waals surface area contributed by atoms with Gasteiger partial charge in [0.15, 0.2) is 9.84 Å². The molecule has 2 aromatic carbocycles. The molecule has 2 aromatic rings. The van der Waals surface area contributed by atoms with Crippen LogP contribution >= 0.6 is 11.8 Å².